The first-order valence-corrected chi connectivity index (χ1v) is 4.74. The number of allylic oxidation sites excluding steroid dienone is 4. The summed E-state index contributed by atoms with van der Waals surface area (Å²) in [5.41, 5.74) is 0.118. The molecule has 0 aromatic rings. The summed E-state index contributed by atoms with van der Waals surface area (Å²) in [4.78, 5) is 4.21. The lowest BCUT2D eigenvalue weighted by molar-refractivity contribution is 0.0669. The molecular weight excluding hydrogens is 218 g/mol. The number of aliphatic hydroxyl groups is 1. The SMILES string of the molecule is CC1(O)CC2C=CC(Br)=CC2=N1. The Bertz CT molecular complexity index is 302. The van der Waals surface area contributed by atoms with E-state index in [-0.39, 0.29) is 0 Å². The highest BCUT2D eigenvalue weighted by atomic mass is 79.9. The minimum atomic E-state index is -0.863. The molecule has 2 nitrogen and oxygen atoms in total. The Morgan fingerprint density at radius 2 is 2.50 bits per heavy atom. The summed E-state index contributed by atoms with van der Waals surface area (Å²) in [6.07, 6.45) is 6.75. The minimum absolute atomic E-state index is 0.307. The predicted molar refractivity (Wildman–Crippen MR) is 52.3 cm³/mol. The molecule has 2 atom stereocenters. The maximum atomic E-state index is 9.65. The van der Waals surface area contributed by atoms with Gasteiger partial charge in [0.15, 0.2) is 5.72 Å². The summed E-state index contributed by atoms with van der Waals surface area (Å²) in [6.45, 7) is 1.74. The van der Waals surface area contributed by atoms with Crippen LogP contribution in [-0.2, 0) is 0 Å². The van der Waals surface area contributed by atoms with Gasteiger partial charge in [-0.25, -0.2) is 0 Å². The molecule has 2 rings (SSSR count). The van der Waals surface area contributed by atoms with E-state index in [1.807, 2.05) is 12.2 Å². The summed E-state index contributed by atoms with van der Waals surface area (Å²) in [6, 6.07) is 0. The lowest BCUT2D eigenvalue weighted by atomic mass is 9.95. The van der Waals surface area contributed by atoms with Crippen molar-refractivity contribution >= 4 is 21.6 Å². The van der Waals surface area contributed by atoms with Gasteiger partial charge in [-0.05, 0) is 13.0 Å². The van der Waals surface area contributed by atoms with Crippen LogP contribution in [-0.4, -0.2) is 16.5 Å². The molecular formula is C9H10BrNO. The molecule has 64 valence electrons. The Morgan fingerprint density at radius 1 is 1.75 bits per heavy atom. The van der Waals surface area contributed by atoms with Crippen molar-refractivity contribution in [1.82, 2.24) is 0 Å². The first-order chi connectivity index (χ1) is 5.57. The van der Waals surface area contributed by atoms with E-state index < -0.39 is 5.72 Å². The van der Waals surface area contributed by atoms with E-state index in [0.29, 0.717) is 12.3 Å². The lowest BCUT2D eigenvalue weighted by Crippen LogP contribution is -2.18. The van der Waals surface area contributed by atoms with E-state index in [4.69, 9.17) is 0 Å². The summed E-state index contributed by atoms with van der Waals surface area (Å²) >= 11 is 3.37. The Labute approximate surface area is 79.8 Å². The number of halogens is 1. The van der Waals surface area contributed by atoms with Gasteiger partial charge in [0.05, 0.1) is 0 Å². The van der Waals surface area contributed by atoms with Crippen LogP contribution >= 0.6 is 15.9 Å². The van der Waals surface area contributed by atoms with Crippen LogP contribution in [0.1, 0.15) is 13.3 Å². The molecule has 0 saturated heterocycles. The highest BCUT2D eigenvalue weighted by molar-refractivity contribution is 9.11. The van der Waals surface area contributed by atoms with Crippen LogP contribution in [0.15, 0.2) is 27.7 Å². The number of hydrogen-bond acceptors (Lipinski definition) is 2. The molecule has 1 N–H and O–H groups in total. The number of hydrogen-bond donors (Lipinski definition) is 1. The highest BCUT2D eigenvalue weighted by Gasteiger charge is 2.33. The van der Waals surface area contributed by atoms with Crippen molar-refractivity contribution in [2.24, 2.45) is 10.9 Å². The quantitative estimate of drug-likeness (QED) is 0.675. The van der Waals surface area contributed by atoms with Crippen LogP contribution in [0.2, 0.25) is 0 Å². The standard InChI is InChI=1S/C9H10BrNO/c1-9(12)5-6-2-3-7(10)4-8(6)11-9/h2-4,6,12H,5H2,1H3. The molecule has 0 aromatic heterocycles. The fourth-order valence-corrected chi connectivity index (χ4v) is 2.02. The van der Waals surface area contributed by atoms with Crippen molar-refractivity contribution < 1.29 is 5.11 Å². The molecule has 0 saturated carbocycles. The molecule has 1 heterocycles. The number of rotatable bonds is 0. The highest BCUT2D eigenvalue weighted by Crippen LogP contribution is 2.32. The van der Waals surface area contributed by atoms with E-state index in [1.54, 1.807) is 6.92 Å². The van der Waals surface area contributed by atoms with Crippen molar-refractivity contribution in [3.63, 3.8) is 0 Å². The van der Waals surface area contributed by atoms with Crippen molar-refractivity contribution in [2.75, 3.05) is 0 Å². The number of aliphatic imine (C=N–C) groups is 1. The lowest BCUT2D eigenvalue weighted by Gasteiger charge is -2.12. The van der Waals surface area contributed by atoms with Gasteiger partial charge in [0.1, 0.15) is 0 Å². The Morgan fingerprint density at radius 3 is 3.25 bits per heavy atom. The van der Waals surface area contributed by atoms with Crippen molar-refractivity contribution in [3.05, 3.63) is 22.7 Å². The molecule has 0 spiro atoms. The predicted octanol–water partition coefficient (Wildman–Crippen LogP) is 2.00. The second-order valence-electron chi connectivity index (χ2n) is 3.45. The first-order valence-electron chi connectivity index (χ1n) is 3.94. The smallest absolute Gasteiger partial charge is 0.154 e. The first kappa shape index (κ1) is 8.20. The fraction of sp³-hybridized carbons (Fsp3) is 0.444. The van der Waals surface area contributed by atoms with Gasteiger partial charge in [-0.3, -0.25) is 4.99 Å². The number of nitrogens with zero attached hydrogens (tertiary/aromatic N) is 1. The zero-order valence-electron chi connectivity index (χ0n) is 6.79. The van der Waals surface area contributed by atoms with E-state index in [9.17, 15) is 5.11 Å². The summed E-state index contributed by atoms with van der Waals surface area (Å²) in [7, 11) is 0. The zero-order valence-corrected chi connectivity index (χ0v) is 8.37. The Hall–Kier alpha value is -0.410. The number of fused-ring (bicyclic) bond motifs is 1. The van der Waals surface area contributed by atoms with Gasteiger partial charge >= 0.3 is 0 Å². The maximum absolute atomic E-state index is 9.65. The van der Waals surface area contributed by atoms with Gasteiger partial charge in [0.25, 0.3) is 0 Å². The average Bonchev–Trinajstić information content (AvgIpc) is 2.21. The molecule has 0 radical (unpaired) electrons. The Balaban J connectivity index is 2.35. The van der Waals surface area contributed by atoms with Crippen LogP contribution in [0.5, 0.6) is 0 Å². The molecule has 2 aliphatic rings. The van der Waals surface area contributed by atoms with E-state index in [2.05, 4.69) is 27.0 Å². The molecule has 1 aliphatic carbocycles. The largest absolute Gasteiger partial charge is 0.369 e. The van der Waals surface area contributed by atoms with Crippen LogP contribution in [0.3, 0.4) is 0 Å². The molecule has 2 unspecified atom stereocenters. The molecule has 3 heteroatoms. The monoisotopic (exact) mass is 227 g/mol. The summed E-state index contributed by atoms with van der Waals surface area (Å²) < 4.78 is 1.02. The molecule has 0 aromatic carbocycles. The Kier molecular flexibility index (Phi) is 1.73. The van der Waals surface area contributed by atoms with Crippen molar-refractivity contribution in [3.8, 4) is 0 Å². The van der Waals surface area contributed by atoms with Crippen LogP contribution in [0.25, 0.3) is 0 Å². The molecule has 0 fully saturated rings. The zero-order chi connectivity index (χ0) is 8.77. The van der Waals surface area contributed by atoms with Gasteiger partial charge in [-0.2, -0.15) is 0 Å². The van der Waals surface area contributed by atoms with Crippen molar-refractivity contribution in [2.45, 2.75) is 19.1 Å². The topological polar surface area (TPSA) is 32.6 Å². The van der Waals surface area contributed by atoms with Crippen LogP contribution in [0, 0.1) is 5.92 Å². The van der Waals surface area contributed by atoms with Gasteiger partial charge in [-0.15, -0.1) is 0 Å². The molecule has 0 bridgehead atoms. The third kappa shape index (κ3) is 1.39. The summed E-state index contributed by atoms with van der Waals surface area (Å²) in [5, 5.41) is 9.65. The van der Waals surface area contributed by atoms with Crippen molar-refractivity contribution in [1.29, 1.82) is 0 Å². The van der Waals surface area contributed by atoms with Gasteiger partial charge in [0, 0.05) is 22.5 Å². The van der Waals surface area contributed by atoms with Crippen LogP contribution < -0.4 is 0 Å². The molecule has 0 amide bonds. The average molecular weight is 228 g/mol. The molecule has 1 aliphatic heterocycles. The third-order valence-corrected chi connectivity index (χ3v) is 2.62. The fourth-order valence-electron chi connectivity index (χ4n) is 1.63. The van der Waals surface area contributed by atoms with E-state index >= 15 is 0 Å². The maximum Gasteiger partial charge on any atom is 0.154 e. The van der Waals surface area contributed by atoms with Gasteiger partial charge < -0.3 is 5.11 Å². The van der Waals surface area contributed by atoms with E-state index in [0.717, 1.165) is 10.2 Å². The molecule has 12 heavy (non-hydrogen) atoms. The second kappa shape index (κ2) is 2.54. The van der Waals surface area contributed by atoms with Crippen LogP contribution in [0.4, 0.5) is 0 Å². The van der Waals surface area contributed by atoms with Gasteiger partial charge in [-0.1, -0.05) is 28.1 Å². The van der Waals surface area contributed by atoms with Gasteiger partial charge in [0.2, 0.25) is 0 Å². The second-order valence-corrected chi connectivity index (χ2v) is 4.37. The summed E-state index contributed by atoms with van der Waals surface area (Å²) in [5.74, 6) is 0.307. The third-order valence-electron chi connectivity index (χ3n) is 2.13. The minimum Gasteiger partial charge on any atom is -0.369 e. The van der Waals surface area contributed by atoms with E-state index in [1.165, 1.54) is 0 Å². The normalized spacial score (nSPS) is 39.1.